The van der Waals surface area contributed by atoms with Crippen molar-refractivity contribution in [1.82, 2.24) is 4.90 Å². The fraction of sp³-hybridized carbons (Fsp3) is 0.900. The van der Waals surface area contributed by atoms with Crippen LogP contribution in [0.25, 0.3) is 0 Å². The molecule has 1 unspecified atom stereocenters. The average Bonchev–Trinajstić information content (AvgIpc) is 2.09. The van der Waals surface area contributed by atoms with Crippen LogP contribution in [0, 0.1) is 0 Å². The van der Waals surface area contributed by atoms with Crippen LogP contribution in [0.2, 0.25) is 0 Å². The summed E-state index contributed by atoms with van der Waals surface area (Å²) in [6.45, 7) is 2.02. The van der Waals surface area contributed by atoms with Gasteiger partial charge in [-0.05, 0) is 31.3 Å². The molecule has 14 heavy (non-hydrogen) atoms. The lowest BCUT2D eigenvalue weighted by Gasteiger charge is -2.09. The van der Waals surface area contributed by atoms with Gasteiger partial charge < -0.3 is 10.6 Å². The highest BCUT2D eigenvalue weighted by Gasteiger charge is 2.02. The monoisotopic (exact) mass is 218 g/mol. The molecule has 3 nitrogen and oxygen atoms in total. The number of nitrogens with two attached hydrogens (primary N) is 1. The molecule has 0 heterocycles. The van der Waals surface area contributed by atoms with Gasteiger partial charge in [0.1, 0.15) is 0 Å². The molecule has 4 heteroatoms. The Labute approximate surface area is 91.4 Å². The Bertz CT molecular complexity index is 160. The van der Waals surface area contributed by atoms with Crippen LogP contribution in [0.5, 0.6) is 0 Å². The lowest BCUT2D eigenvalue weighted by molar-refractivity contribution is -0.128. The molecule has 0 aromatic carbocycles. The standard InChI is InChI=1S/C10H22N2OS/c1-9(11)6-8-14-7-4-5-10(13)12(2)3/h9H,4-8,11H2,1-3H3. The summed E-state index contributed by atoms with van der Waals surface area (Å²) in [5.74, 6) is 2.39. The molecule has 0 aromatic rings. The number of nitrogens with zero attached hydrogens (tertiary/aromatic N) is 1. The number of rotatable bonds is 7. The van der Waals surface area contributed by atoms with Crippen LogP contribution in [-0.2, 0) is 4.79 Å². The Morgan fingerprint density at radius 2 is 2.07 bits per heavy atom. The highest BCUT2D eigenvalue weighted by molar-refractivity contribution is 7.99. The minimum atomic E-state index is 0.220. The van der Waals surface area contributed by atoms with Gasteiger partial charge in [0.05, 0.1) is 0 Å². The van der Waals surface area contributed by atoms with Crippen molar-refractivity contribution in [2.75, 3.05) is 25.6 Å². The summed E-state index contributed by atoms with van der Waals surface area (Å²) in [4.78, 5) is 12.8. The number of thioether (sulfide) groups is 1. The van der Waals surface area contributed by atoms with E-state index in [-0.39, 0.29) is 5.91 Å². The van der Waals surface area contributed by atoms with E-state index in [9.17, 15) is 4.79 Å². The third kappa shape index (κ3) is 8.38. The number of hydrogen-bond acceptors (Lipinski definition) is 3. The SMILES string of the molecule is CC(N)CCSCCCC(=O)N(C)C. The molecule has 0 saturated heterocycles. The zero-order valence-corrected chi connectivity index (χ0v) is 10.3. The molecule has 0 rings (SSSR count). The van der Waals surface area contributed by atoms with Crippen molar-refractivity contribution in [3.63, 3.8) is 0 Å². The Kier molecular flexibility index (Phi) is 7.99. The number of hydrogen-bond donors (Lipinski definition) is 1. The van der Waals surface area contributed by atoms with Crippen LogP contribution in [0.1, 0.15) is 26.2 Å². The Morgan fingerprint density at radius 1 is 1.43 bits per heavy atom. The summed E-state index contributed by atoms with van der Waals surface area (Å²) in [5.41, 5.74) is 5.62. The van der Waals surface area contributed by atoms with Crippen LogP contribution in [0.3, 0.4) is 0 Å². The second kappa shape index (κ2) is 8.12. The van der Waals surface area contributed by atoms with Crippen LogP contribution < -0.4 is 5.73 Å². The molecular formula is C10H22N2OS. The largest absolute Gasteiger partial charge is 0.349 e. The smallest absolute Gasteiger partial charge is 0.222 e. The first kappa shape index (κ1) is 13.8. The van der Waals surface area contributed by atoms with E-state index in [0.29, 0.717) is 12.5 Å². The minimum absolute atomic E-state index is 0.220. The average molecular weight is 218 g/mol. The second-order valence-electron chi connectivity index (χ2n) is 3.77. The molecule has 0 aromatic heterocycles. The van der Waals surface area contributed by atoms with Gasteiger partial charge in [0.2, 0.25) is 5.91 Å². The summed E-state index contributed by atoms with van der Waals surface area (Å²) in [6, 6.07) is 0.297. The maximum absolute atomic E-state index is 11.2. The van der Waals surface area contributed by atoms with Gasteiger partial charge in [0.15, 0.2) is 0 Å². The molecule has 0 aliphatic heterocycles. The molecule has 84 valence electrons. The third-order valence-electron chi connectivity index (χ3n) is 1.90. The van der Waals surface area contributed by atoms with Crippen molar-refractivity contribution >= 4 is 17.7 Å². The zero-order valence-electron chi connectivity index (χ0n) is 9.45. The third-order valence-corrected chi connectivity index (χ3v) is 3.00. The first-order valence-electron chi connectivity index (χ1n) is 5.07. The van der Waals surface area contributed by atoms with Gasteiger partial charge in [-0.15, -0.1) is 0 Å². The van der Waals surface area contributed by atoms with Gasteiger partial charge >= 0.3 is 0 Å². The summed E-state index contributed by atoms with van der Waals surface area (Å²) in [7, 11) is 3.59. The molecule has 1 amide bonds. The van der Waals surface area contributed by atoms with Crippen molar-refractivity contribution in [1.29, 1.82) is 0 Å². The zero-order chi connectivity index (χ0) is 11.0. The highest BCUT2D eigenvalue weighted by atomic mass is 32.2. The van der Waals surface area contributed by atoms with E-state index < -0.39 is 0 Å². The summed E-state index contributed by atoms with van der Waals surface area (Å²) in [5, 5.41) is 0. The predicted molar refractivity (Wildman–Crippen MR) is 63.5 cm³/mol. The molecule has 0 fully saturated rings. The summed E-state index contributed by atoms with van der Waals surface area (Å²) >= 11 is 1.88. The van der Waals surface area contributed by atoms with Crippen LogP contribution in [-0.4, -0.2) is 42.4 Å². The molecule has 0 aliphatic carbocycles. The molecule has 0 bridgehead atoms. The lowest BCUT2D eigenvalue weighted by Crippen LogP contribution is -2.21. The van der Waals surface area contributed by atoms with Crippen molar-refractivity contribution < 1.29 is 4.79 Å². The molecule has 1 atom stereocenters. The molecule has 0 saturated carbocycles. The topological polar surface area (TPSA) is 46.3 Å². The number of amides is 1. The minimum Gasteiger partial charge on any atom is -0.349 e. The van der Waals surface area contributed by atoms with Crippen LogP contribution >= 0.6 is 11.8 Å². The van der Waals surface area contributed by atoms with Crippen LogP contribution in [0.4, 0.5) is 0 Å². The quantitative estimate of drug-likeness (QED) is 0.656. The van der Waals surface area contributed by atoms with E-state index in [1.165, 1.54) is 0 Å². The van der Waals surface area contributed by atoms with Gasteiger partial charge in [0.25, 0.3) is 0 Å². The second-order valence-corrected chi connectivity index (χ2v) is 4.99. The molecule has 0 radical (unpaired) electrons. The first-order chi connectivity index (χ1) is 6.54. The lowest BCUT2D eigenvalue weighted by atomic mass is 10.3. The van der Waals surface area contributed by atoms with Crippen molar-refractivity contribution in [2.45, 2.75) is 32.2 Å². The molecule has 0 spiro atoms. The van der Waals surface area contributed by atoms with Crippen LogP contribution in [0.15, 0.2) is 0 Å². The van der Waals surface area contributed by atoms with Gasteiger partial charge in [-0.3, -0.25) is 4.79 Å². The van der Waals surface area contributed by atoms with Gasteiger partial charge in [0, 0.05) is 26.6 Å². The van der Waals surface area contributed by atoms with E-state index >= 15 is 0 Å². The maximum Gasteiger partial charge on any atom is 0.222 e. The maximum atomic E-state index is 11.2. The van der Waals surface area contributed by atoms with Crippen molar-refractivity contribution in [3.8, 4) is 0 Å². The van der Waals surface area contributed by atoms with E-state index in [0.717, 1.165) is 24.3 Å². The Balaban J connectivity index is 3.18. The molecule has 0 aliphatic rings. The van der Waals surface area contributed by atoms with Crippen molar-refractivity contribution in [2.24, 2.45) is 5.73 Å². The first-order valence-corrected chi connectivity index (χ1v) is 6.23. The number of carbonyl (C=O) groups excluding carboxylic acids is 1. The highest BCUT2D eigenvalue weighted by Crippen LogP contribution is 2.07. The van der Waals surface area contributed by atoms with Gasteiger partial charge in [-0.2, -0.15) is 11.8 Å². The van der Waals surface area contributed by atoms with Crippen molar-refractivity contribution in [3.05, 3.63) is 0 Å². The summed E-state index contributed by atoms with van der Waals surface area (Å²) < 4.78 is 0. The normalized spacial score (nSPS) is 12.6. The summed E-state index contributed by atoms with van der Waals surface area (Å²) in [6.07, 6.45) is 2.70. The predicted octanol–water partition coefficient (Wildman–Crippen LogP) is 1.33. The van der Waals surface area contributed by atoms with E-state index in [4.69, 9.17) is 5.73 Å². The van der Waals surface area contributed by atoms with Gasteiger partial charge in [-0.1, -0.05) is 0 Å². The van der Waals surface area contributed by atoms with E-state index in [1.807, 2.05) is 18.7 Å². The fourth-order valence-corrected chi connectivity index (χ4v) is 2.01. The fourth-order valence-electron chi connectivity index (χ4n) is 0.920. The van der Waals surface area contributed by atoms with E-state index in [1.54, 1.807) is 19.0 Å². The molecule has 2 N–H and O–H groups in total. The van der Waals surface area contributed by atoms with E-state index in [2.05, 4.69) is 0 Å². The Hall–Kier alpha value is -0.220. The molecular weight excluding hydrogens is 196 g/mol. The number of carbonyl (C=O) groups is 1. The Morgan fingerprint density at radius 3 is 2.57 bits per heavy atom. The van der Waals surface area contributed by atoms with Gasteiger partial charge in [-0.25, -0.2) is 0 Å².